The summed E-state index contributed by atoms with van der Waals surface area (Å²) in [6, 6.07) is -0.0762. The molecule has 1 atom stereocenters. The van der Waals surface area contributed by atoms with Crippen LogP contribution in [0.2, 0.25) is 0 Å². The maximum absolute atomic E-state index is 10.7. The van der Waals surface area contributed by atoms with E-state index in [1.54, 1.807) is 7.05 Å². The highest BCUT2D eigenvalue weighted by molar-refractivity contribution is 5.73. The summed E-state index contributed by atoms with van der Waals surface area (Å²) >= 11 is 0. The molecular weight excluding hydrogens is 140 g/mol. The lowest BCUT2D eigenvalue weighted by atomic mass is 10.1. The van der Waals surface area contributed by atoms with Crippen LogP contribution in [0.1, 0.15) is 20.3 Å². The van der Waals surface area contributed by atoms with Gasteiger partial charge in [0.2, 0.25) is 0 Å². The lowest BCUT2D eigenvalue weighted by Crippen LogP contribution is -2.34. The van der Waals surface area contributed by atoms with Crippen LogP contribution in [0.4, 0.5) is 4.79 Å². The molecule has 3 nitrogen and oxygen atoms in total. The van der Waals surface area contributed by atoms with Crippen LogP contribution in [0.5, 0.6) is 0 Å². The third-order valence-corrected chi connectivity index (χ3v) is 2.45. The fourth-order valence-corrected chi connectivity index (χ4v) is 1.23. The van der Waals surface area contributed by atoms with Gasteiger partial charge < -0.3 is 10.6 Å². The monoisotopic (exact) mass is 156 g/mol. The Morgan fingerprint density at radius 3 is 2.55 bits per heavy atom. The van der Waals surface area contributed by atoms with Crippen molar-refractivity contribution in [1.29, 1.82) is 0 Å². The van der Waals surface area contributed by atoms with E-state index in [2.05, 4.69) is 24.5 Å². The molecule has 0 aromatic heterocycles. The van der Waals surface area contributed by atoms with E-state index in [9.17, 15) is 4.79 Å². The summed E-state index contributed by atoms with van der Waals surface area (Å²) in [7, 11) is 1.63. The average molecular weight is 156 g/mol. The number of hydrogen-bond donors (Lipinski definition) is 2. The number of urea groups is 1. The van der Waals surface area contributed by atoms with E-state index in [1.165, 1.54) is 6.42 Å². The van der Waals surface area contributed by atoms with Gasteiger partial charge in [-0.3, -0.25) is 0 Å². The zero-order valence-corrected chi connectivity index (χ0v) is 7.40. The molecule has 0 aromatic carbocycles. The van der Waals surface area contributed by atoms with E-state index in [-0.39, 0.29) is 6.03 Å². The quantitative estimate of drug-likeness (QED) is 0.614. The summed E-state index contributed by atoms with van der Waals surface area (Å²) in [5.74, 6) is 0.680. The van der Waals surface area contributed by atoms with Gasteiger partial charge in [0, 0.05) is 13.6 Å². The number of carbonyl (C=O) groups excluding carboxylic acids is 1. The fraction of sp³-hybridized carbons (Fsp3) is 0.875. The first-order chi connectivity index (χ1) is 5.06. The molecule has 0 spiro atoms. The third-order valence-electron chi connectivity index (χ3n) is 2.45. The first kappa shape index (κ1) is 8.37. The molecule has 64 valence electrons. The second kappa shape index (κ2) is 2.72. The Bertz CT molecular complexity index is 165. The molecule has 1 saturated carbocycles. The van der Waals surface area contributed by atoms with Crippen LogP contribution in [-0.4, -0.2) is 19.6 Å². The minimum Gasteiger partial charge on any atom is -0.341 e. The summed E-state index contributed by atoms with van der Waals surface area (Å²) < 4.78 is 0. The molecule has 3 heteroatoms. The Balaban J connectivity index is 2.11. The molecule has 0 radical (unpaired) electrons. The number of nitrogens with one attached hydrogen (secondary N) is 2. The van der Waals surface area contributed by atoms with E-state index in [0.29, 0.717) is 11.3 Å². The van der Waals surface area contributed by atoms with Crippen molar-refractivity contribution < 1.29 is 4.79 Å². The highest BCUT2D eigenvalue weighted by atomic mass is 16.2. The zero-order valence-electron chi connectivity index (χ0n) is 7.40. The van der Waals surface area contributed by atoms with Gasteiger partial charge in [-0.15, -0.1) is 0 Å². The molecule has 11 heavy (non-hydrogen) atoms. The number of hydrogen-bond acceptors (Lipinski definition) is 1. The summed E-state index contributed by atoms with van der Waals surface area (Å²) in [6.07, 6.45) is 1.23. The maximum Gasteiger partial charge on any atom is 0.314 e. The van der Waals surface area contributed by atoms with Crippen LogP contribution in [0.25, 0.3) is 0 Å². The van der Waals surface area contributed by atoms with Gasteiger partial charge in [0.15, 0.2) is 0 Å². The van der Waals surface area contributed by atoms with Gasteiger partial charge in [-0.2, -0.15) is 0 Å². The molecule has 0 heterocycles. The largest absolute Gasteiger partial charge is 0.341 e. The Labute approximate surface area is 67.5 Å². The molecule has 1 fully saturated rings. The van der Waals surface area contributed by atoms with Crippen LogP contribution in [0.15, 0.2) is 0 Å². The molecule has 0 bridgehead atoms. The topological polar surface area (TPSA) is 41.1 Å². The standard InChI is InChI=1S/C8H16N2O/c1-8(2)4-6(8)5-10-7(11)9-3/h6H,4-5H2,1-3H3,(H2,9,10,11). The lowest BCUT2D eigenvalue weighted by molar-refractivity contribution is 0.242. The second-order valence-corrected chi connectivity index (χ2v) is 3.85. The van der Waals surface area contributed by atoms with Crippen molar-refractivity contribution in [3.05, 3.63) is 0 Å². The van der Waals surface area contributed by atoms with Gasteiger partial charge in [0.1, 0.15) is 0 Å². The van der Waals surface area contributed by atoms with E-state index in [0.717, 1.165) is 6.54 Å². The molecule has 2 amide bonds. The number of rotatable bonds is 2. The van der Waals surface area contributed by atoms with Crippen LogP contribution in [-0.2, 0) is 0 Å². The molecule has 1 rings (SSSR count). The average Bonchev–Trinajstić information content (AvgIpc) is 2.54. The SMILES string of the molecule is CNC(=O)NCC1CC1(C)C. The first-order valence-corrected chi connectivity index (χ1v) is 4.02. The Morgan fingerprint density at radius 1 is 1.64 bits per heavy atom. The molecule has 2 N–H and O–H groups in total. The predicted octanol–water partition coefficient (Wildman–Crippen LogP) is 0.961. The van der Waals surface area contributed by atoms with Gasteiger partial charge in [-0.05, 0) is 17.8 Å². The zero-order chi connectivity index (χ0) is 8.48. The van der Waals surface area contributed by atoms with Crippen molar-refractivity contribution >= 4 is 6.03 Å². The van der Waals surface area contributed by atoms with Gasteiger partial charge in [-0.1, -0.05) is 13.8 Å². The molecular formula is C8H16N2O. The molecule has 0 aromatic rings. The van der Waals surface area contributed by atoms with Crippen LogP contribution < -0.4 is 10.6 Å². The summed E-state index contributed by atoms with van der Waals surface area (Å²) in [5, 5.41) is 5.33. The highest BCUT2D eigenvalue weighted by Crippen LogP contribution is 2.50. The van der Waals surface area contributed by atoms with Gasteiger partial charge in [-0.25, -0.2) is 4.79 Å². The summed E-state index contributed by atoms with van der Waals surface area (Å²) in [5.41, 5.74) is 0.459. The molecule has 1 aliphatic rings. The first-order valence-electron chi connectivity index (χ1n) is 4.02. The van der Waals surface area contributed by atoms with Gasteiger partial charge in [0.05, 0.1) is 0 Å². The Kier molecular flexibility index (Phi) is 2.07. The van der Waals surface area contributed by atoms with E-state index < -0.39 is 0 Å². The van der Waals surface area contributed by atoms with Gasteiger partial charge in [0.25, 0.3) is 0 Å². The second-order valence-electron chi connectivity index (χ2n) is 3.85. The van der Waals surface area contributed by atoms with Crippen molar-refractivity contribution in [2.24, 2.45) is 11.3 Å². The van der Waals surface area contributed by atoms with Crippen molar-refractivity contribution in [3.8, 4) is 0 Å². The maximum atomic E-state index is 10.7. The summed E-state index contributed by atoms with van der Waals surface area (Å²) in [4.78, 5) is 10.7. The Hall–Kier alpha value is -0.730. The van der Waals surface area contributed by atoms with E-state index >= 15 is 0 Å². The number of carbonyl (C=O) groups is 1. The van der Waals surface area contributed by atoms with Crippen LogP contribution >= 0.6 is 0 Å². The minimum absolute atomic E-state index is 0.0762. The fourth-order valence-electron chi connectivity index (χ4n) is 1.23. The molecule has 0 aliphatic heterocycles. The molecule has 1 unspecified atom stereocenters. The third kappa shape index (κ3) is 2.10. The van der Waals surface area contributed by atoms with E-state index in [1.807, 2.05) is 0 Å². The normalized spacial score (nSPS) is 25.9. The van der Waals surface area contributed by atoms with Gasteiger partial charge >= 0.3 is 6.03 Å². The minimum atomic E-state index is -0.0762. The van der Waals surface area contributed by atoms with Crippen molar-refractivity contribution in [2.45, 2.75) is 20.3 Å². The highest BCUT2D eigenvalue weighted by Gasteiger charge is 2.45. The Morgan fingerprint density at radius 2 is 2.18 bits per heavy atom. The van der Waals surface area contributed by atoms with Crippen molar-refractivity contribution in [1.82, 2.24) is 10.6 Å². The van der Waals surface area contributed by atoms with Crippen molar-refractivity contribution in [3.63, 3.8) is 0 Å². The van der Waals surface area contributed by atoms with Crippen LogP contribution in [0.3, 0.4) is 0 Å². The van der Waals surface area contributed by atoms with E-state index in [4.69, 9.17) is 0 Å². The van der Waals surface area contributed by atoms with Crippen molar-refractivity contribution in [2.75, 3.05) is 13.6 Å². The van der Waals surface area contributed by atoms with Crippen LogP contribution in [0, 0.1) is 11.3 Å². The molecule has 1 aliphatic carbocycles. The lowest BCUT2D eigenvalue weighted by Gasteiger charge is -2.04. The smallest absolute Gasteiger partial charge is 0.314 e. The summed E-state index contributed by atoms with van der Waals surface area (Å²) in [6.45, 7) is 5.26. The molecule has 0 saturated heterocycles. The number of amides is 2. The predicted molar refractivity (Wildman–Crippen MR) is 44.3 cm³/mol.